The summed E-state index contributed by atoms with van der Waals surface area (Å²) in [5.74, 6) is 0.132. The third kappa shape index (κ3) is 3.08. The number of aryl methyl sites for hydroxylation is 1. The number of carbonyl (C=O) groups excluding carboxylic acids is 1. The molecule has 78 valence electrons. The fourth-order valence-corrected chi connectivity index (χ4v) is 1.72. The van der Waals surface area contributed by atoms with Gasteiger partial charge < -0.3 is 10.6 Å². The molecule has 0 aromatic carbocycles. The van der Waals surface area contributed by atoms with Crippen molar-refractivity contribution in [1.82, 2.24) is 9.88 Å². The van der Waals surface area contributed by atoms with Crippen LogP contribution in [0.5, 0.6) is 0 Å². The Balaban J connectivity index is 2.41. The molecule has 1 amide bonds. The Morgan fingerprint density at radius 2 is 2.36 bits per heavy atom. The van der Waals surface area contributed by atoms with Crippen molar-refractivity contribution in [3.8, 4) is 0 Å². The van der Waals surface area contributed by atoms with Gasteiger partial charge in [0.1, 0.15) is 5.01 Å². The van der Waals surface area contributed by atoms with E-state index in [0.717, 1.165) is 10.7 Å². The zero-order valence-corrected chi connectivity index (χ0v) is 9.30. The Kier molecular flexibility index (Phi) is 4.03. The van der Waals surface area contributed by atoms with Crippen LogP contribution in [-0.2, 0) is 17.8 Å². The van der Waals surface area contributed by atoms with Crippen molar-refractivity contribution >= 4 is 17.2 Å². The largest absolute Gasteiger partial charge is 0.349 e. The number of rotatable bonds is 4. The molecule has 0 fully saturated rings. The van der Waals surface area contributed by atoms with E-state index in [1.54, 1.807) is 30.3 Å². The predicted molar refractivity (Wildman–Crippen MR) is 57.0 cm³/mol. The van der Waals surface area contributed by atoms with Crippen LogP contribution < -0.4 is 5.73 Å². The number of nitrogens with two attached hydrogens (primary N) is 1. The molecule has 0 spiro atoms. The number of carbonyl (C=O) groups is 1. The van der Waals surface area contributed by atoms with Gasteiger partial charge in [0.05, 0.1) is 5.69 Å². The lowest BCUT2D eigenvalue weighted by Gasteiger charge is -2.08. The van der Waals surface area contributed by atoms with Crippen molar-refractivity contribution in [2.24, 2.45) is 5.73 Å². The number of aromatic nitrogens is 1. The molecule has 4 nitrogen and oxygen atoms in total. The Hall–Kier alpha value is -0.940. The van der Waals surface area contributed by atoms with Gasteiger partial charge in [-0.2, -0.15) is 0 Å². The molecule has 0 bridgehead atoms. The van der Waals surface area contributed by atoms with E-state index in [0.29, 0.717) is 19.4 Å². The third-order valence-electron chi connectivity index (χ3n) is 1.87. The second-order valence-electron chi connectivity index (χ2n) is 3.22. The molecular weight excluding hydrogens is 198 g/mol. The van der Waals surface area contributed by atoms with E-state index in [9.17, 15) is 4.79 Å². The molecule has 1 aromatic heterocycles. The monoisotopic (exact) mass is 213 g/mol. The Morgan fingerprint density at radius 1 is 1.64 bits per heavy atom. The van der Waals surface area contributed by atoms with Gasteiger partial charge in [-0.3, -0.25) is 4.79 Å². The second-order valence-corrected chi connectivity index (χ2v) is 4.17. The highest BCUT2D eigenvalue weighted by Gasteiger charge is 2.06. The summed E-state index contributed by atoms with van der Waals surface area (Å²) in [6.07, 6.45) is 1.22. The molecule has 0 atom stereocenters. The number of thiazole rings is 1. The summed E-state index contributed by atoms with van der Waals surface area (Å²) in [5, 5.41) is 2.89. The zero-order chi connectivity index (χ0) is 10.6. The molecule has 0 aliphatic carbocycles. The van der Waals surface area contributed by atoms with Crippen molar-refractivity contribution in [2.45, 2.75) is 19.4 Å². The number of hydrogen-bond donors (Lipinski definition) is 1. The summed E-state index contributed by atoms with van der Waals surface area (Å²) in [6.45, 7) is 0.478. The molecule has 1 aromatic rings. The van der Waals surface area contributed by atoms with Crippen molar-refractivity contribution in [2.75, 3.05) is 14.1 Å². The molecule has 0 saturated heterocycles. The molecule has 1 heterocycles. The molecule has 2 N–H and O–H groups in total. The van der Waals surface area contributed by atoms with Crippen LogP contribution in [0.2, 0.25) is 0 Å². The highest BCUT2D eigenvalue weighted by atomic mass is 32.1. The van der Waals surface area contributed by atoms with Gasteiger partial charge >= 0.3 is 0 Å². The topological polar surface area (TPSA) is 59.2 Å². The van der Waals surface area contributed by atoms with E-state index in [4.69, 9.17) is 5.73 Å². The quantitative estimate of drug-likeness (QED) is 0.797. The van der Waals surface area contributed by atoms with Crippen molar-refractivity contribution in [3.05, 3.63) is 16.1 Å². The third-order valence-corrected chi connectivity index (χ3v) is 2.79. The summed E-state index contributed by atoms with van der Waals surface area (Å²) in [4.78, 5) is 17.1. The molecule has 1 rings (SSSR count). The standard InChI is InChI=1S/C9H15N3OS/c1-12(2)9(13)4-3-7-6-14-8(5-10)11-7/h6H,3-5,10H2,1-2H3. The average Bonchev–Trinajstić information content (AvgIpc) is 2.61. The molecule has 0 aliphatic heterocycles. The molecule has 14 heavy (non-hydrogen) atoms. The number of hydrogen-bond acceptors (Lipinski definition) is 4. The van der Waals surface area contributed by atoms with E-state index in [-0.39, 0.29) is 5.91 Å². The summed E-state index contributed by atoms with van der Waals surface area (Å²) in [6, 6.07) is 0. The second kappa shape index (κ2) is 5.07. The van der Waals surface area contributed by atoms with E-state index < -0.39 is 0 Å². The maximum absolute atomic E-state index is 11.3. The van der Waals surface area contributed by atoms with E-state index in [2.05, 4.69) is 4.98 Å². The SMILES string of the molecule is CN(C)C(=O)CCc1csc(CN)n1. The van der Waals surface area contributed by atoms with Crippen LogP contribution >= 0.6 is 11.3 Å². The molecule has 0 unspecified atom stereocenters. The summed E-state index contributed by atoms with van der Waals surface area (Å²) >= 11 is 1.55. The van der Waals surface area contributed by atoms with Crippen LogP contribution in [-0.4, -0.2) is 29.9 Å². The molecule has 5 heteroatoms. The van der Waals surface area contributed by atoms with E-state index in [1.165, 1.54) is 0 Å². The van der Waals surface area contributed by atoms with Gasteiger partial charge in [-0.15, -0.1) is 11.3 Å². The first-order valence-corrected chi connectivity index (χ1v) is 5.35. The maximum Gasteiger partial charge on any atom is 0.222 e. The summed E-state index contributed by atoms with van der Waals surface area (Å²) in [7, 11) is 3.52. The van der Waals surface area contributed by atoms with Gasteiger partial charge in [-0.25, -0.2) is 4.98 Å². The zero-order valence-electron chi connectivity index (χ0n) is 8.49. The minimum absolute atomic E-state index is 0.132. The fourth-order valence-electron chi connectivity index (χ4n) is 1.02. The first kappa shape index (κ1) is 11.1. The van der Waals surface area contributed by atoms with Crippen molar-refractivity contribution in [1.29, 1.82) is 0 Å². The smallest absolute Gasteiger partial charge is 0.222 e. The lowest BCUT2D eigenvalue weighted by molar-refractivity contribution is -0.128. The van der Waals surface area contributed by atoms with Gasteiger partial charge in [-0.1, -0.05) is 0 Å². The number of amides is 1. The van der Waals surface area contributed by atoms with Gasteiger partial charge in [0.15, 0.2) is 0 Å². The summed E-state index contributed by atoms with van der Waals surface area (Å²) < 4.78 is 0. The van der Waals surface area contributed by atoms with Crippen LogP contribution in [0, 0.1) is 0 Å². The Labute approximate surface area is 87.7 Å². The van der Waals surface area contributed by atoms with Crippen molar-refractivity contribution in [3.63, 3.8) is 0 Å². The first-order chi connectivity index (χ1) is 6.63. The van der Waals surface area contributed by atoms with Gasteiger partial charge in [0, 0.05) is 32.4 Å². The van der Waals surface area contributed by atoms with Gasteiger partial charge in [-0.05, 0) is 6.42 Å². The van der Waals surface area contributed by atoms with Crippen LogP contribution in [0.15, 0.2) is 5.38 Å². The maximum atomic E-state index is 11.3. The number of nitrogens with zero attached hydrogens (tertiary/aromatic N) is 2. The van der Waals surface area contributed by atoms with E-state index >= 15 is 0 Å². The molecule has 0 radical (unpaired) electrons. The average molecular weight is 213 g/mol. The van der Waals surface area contributed by atoms with Gasteiger partial charge in [0.2, 0.25) is 5.91 Å². The highest BCUT2D eigenvalue weighted by Crippen LogP contribution is 2.10. The summed E-state index contributed by atoms with van der Waals surface area (Å²) in [5.41, 5.74) is 6.40. The predicted octanol–water partition coefficient (Wildman–Crippen LogP) is 0.623. The van der Waals surface area contributed by atoms with Crippen LogP contribution in [0.3, 0.4) is 0 Å². The molecule has 0 saturated carbocycles. The Bertz CT molecular complexity index is 309. The van der Waals surface area contributed by atoms with Crippen LogP contribution in [0.4, 0.5) is 0 Å². The van der Waals surface area contributed by atoms with E-state index in [1.807, 2.05) is 5.38 Å². The first-order valence-electron chi connectivity index (χ1n) is 4.47. The Morgan fingerprint density at radius 3 is 2.86 bits per heavy atom. The minimum Gasteiger partial charge on any atom is -0.349 e. The lowest BCUT2D eigenvalue weighted by atomic mass is 10.2. The van der Waals surface area contributed by atoms with Crippen LogP contribution in [0.25, 0.3) is 0 Å². The van der Waals surface area contributed by atoms with Gasteiger partial charge in [0.25, 0.3) is 0 Å². The highest BCUT2D eigenvalue weighted by molar-refractivity contribution is 7.09. The molecule has 0 aliphatic rings. The minimum atomic E-state index is 0.132. The van der Waals surface area contributed by atoms with Crippen molar-refractivity contribution < 1.29 is 4.79 Å². The lowest BCUT2D eigenvalue weighted by Crippen LogP contribution is -2.21. The molecular formula is C9H15N3OS. The normalized spacial score (nSPS) is 10.2. The van der Waals surface area contributed by atoms with Crippen LogP contribution in [0.1, 0.15) is 17.1 Å². The fraction of sp³-hybridized carbons (Fsp3) is 0.556.